The van der Waals surface area contributed by atoms with Crippen molar-refractivity contribution in [2.75, 3.05) is 7.05 Å². The zero-order chi connectivity index (χ0) is 21.6. The van der Waals surface area contributed by atoms with Crippen molar-refractivity contribution in [3.8, 4) is 0 Å². The van der Waals surface area contributed by atoms with Crippen molar-refractivity contribution in [2.45, 2.75) is 58.4 Å². The van der Waals surface area contributed by atoms with E-state index in [1.807, 2.05) is 27.7 Å². The van der Waals surface area contributed by atoms with Gasteiger partial charge < -0.3 is 0 Å². The van der Waals surface area contributed by atoms with E-state index in [0.717, 1.165) is 6.42 Å². The Kier molecular flexibility index (Phi) is 9.19. The van der Waals surface area contributed by atoms with Gasteiger partial charge in [0, 0.05) is 0 Å². The first kappa shape index (κ1) is 25.6. The van der Waals surface area contributed by atoms with Gasteiger partial charge in [-0.1, -0.05) is 0 Å². The van der Waals surface area contributed by atoms with Crippen LogP contribution in [-0.2, 0) is 14.6 Å². The third kappa shape index (κ3) is 4.82. The predicted molar refractivity (Wildman–Crippen MR) is 115 cm³/mol. The molecule has 0 aliphatic carbocycles. The van der Waals surface area contributed by atoms with E-state index in [1.165, 1.54) is 0 Å². The maximum atomic E-state index is 6.53. The molecule has 0 bridgehead atoms. The molecule has 4 atom stereocenters. The van der Waals surface area contributed by atoms with Crippen molar-refractivity contribution in [3.63, 3.8) is 0 Å². The van der Waals surface area contributed by atoms with E-state index in [2.05, 4.69) is 53.4 Å². The molecule has 1 rings (SSSR count). The Morgan fingerprint density at radius 2 is 1.68 bits per heavy atom. The molecule has 162 valence electrons. The number of halogens is 2. The van der Waals surface area contributed by atoms with Gasteiger partial charge in [-0.05, 0) is 0 Å². The van der Waals surface area contributed by atoms with Gasteiger partial charge in [-0.3, -0.25) is 0 Å². The second kappa shape index (κ2) is 10.1. The van der Waals surface area contributed by atoms with Gasteiger partial charge in [0.05, 0.1) is 0 Å². The summed E-state index contributed by atoms with van der Waals surface area (Å²) in [6.07, 6.45) is 1.90. The summed E-state index contributed by atoms with van der Waals surface area (Å²) in [5, 5.41) is 8.31. The maximum absolute atomic E-state index is 6.53. The summed E-state index contributed by atoms with van der Waals surface area (Å²) in [4.78, 5) is 18.4. The average molecular weight is 625 g/mol. The summed E-state index contributed by atoms with van der Waals surface area (Å²) in [5.74, 6) is 0. The third-order valence-electron chi connectivity index (χ3n) is 4.17. The van der Waals surface area contributed by atoms with Crippen LogP contribution in [0.15, 0.2) is 19.8 Å². The molecule has 0 aromatic carbocycles. The van der Waals surface area contributed by atoms with Crippen LogP contribution in [0.25, 0.3) is 0 Å². The summed E-state index contributed by atoms with van der Waals surface area (Å²) in [6, 6.07) is 0. The summed E-state index contributed by atoms with van der Waals surface area (Å²) in [7, 11) is 1.62. The minimum absolute atomic E-state index is 0.404. The minimum atomic E-state index is -2.66. The Labute approximate surface area is 186 Å². The number of quaternary nitrogens is 2. The molecule has 28 heavy (non-hydrogen) atoms. The van der Waals surface area contributed by atoms with Crippen LogP contribution >= 0.6 is 20.6 Å². The molecule has 1 heterocycles. The molecule has 1 saturated heterocycles. The molecule has 13 heteroatoms. The number of rotatable bonds is 10. The molecule has 0 N–H and O–H groups in total. The van der Waals surface area contributed by atoms with E-state index in [-0.39, 0.29) is 0 Å². The number of hydroxylamine groups is 4. The molecule has 3 unspecified atom stereocenters. The number of hydrogen-bond acceptors (Lipinski definition) is 9. The standard InChI is InChI=1S/C15H31I2N8O3/c1-11-13-14(3)23(17(19-6)20-7)26-15(4,12-2)25(22-9,16-18-5)28-24(10,21-8)27-14/h5-9,11-13H2,1-4,10H3/q+1/t14-,15?,24?,25?/m0/s1. The van der Waals surface area contributed by atoms with E-state index >= 15 is 0 Å². The summed E-state index contributed by atoms with van der Waals surface area (Å²) in [5.41, 5.74) is -2.00. The topological polar surface area (TPSA) is 92.7 Å². The molecule has 0 aromatic heterocycles. The molecule has 0 aromatic rings. The van der Waals surface area contributed by atoms with Crippen molar-refractivity contribution in [1.29, 1.82) is 0 Å². The Balaban J connectivity index is 3.79. The Morgan fingerprint density at radius 1 is 1.07 bits per heavy atom. The van der Waals surface area contributed by atoms with Crippen LogP contribution in [0, 0.1) is 0 Å². The van der Waals surface area contributed by atoms with Crippen LogP contribution < -0.4 is 21.8 Å². The summed E-state index contributed by atoms with van der Waals surface area (Å²) < 4.78 is 13.8. The fraction of sp³-hybridized carbons (Fsp3) is 0.667. The molecule has 0 saturated carbocycles. The monoisotopic (exact) mass is 625 g/mol. The van der Waals surface area contributed by atoms with Crippen molar-refractivity contribution in [3.05, 3.63) is 0 Å². The fourth-order valence-corrected chi connectivity index (χ4v) is 7.08. The third-order valence-corrected chi connectivity index (χ3v) is 9.79. The van der Waals surface area contributed by atoms with Crippen molar-refractivity contribution < 1.29 is 44.3 Å². The van der Waals surface area contributed by atoms with Crippen LogP contribution in [-0.4, -0.2) is 63.2 Å². The van der Waals surface area contributed by atoms with Gasteiger partial charge in [0.1, 0.15) is 0 Å². The average Bonchev–Trinajstić information content (AvgIpc) is 2.66. The summed E-state index contributed by atoms with van der Waals surface area (Å²) >= 11 is -3.83. The summed E-state index contributed by atoms with van der Waals surface area (Å²) in [6.45, 7) is 26.1. The van der Waals surface area contributed by atoms with E-state index < -0.39 is 61.7 Å². The number of nitrogens with zero attached hydrogens (tertiary/aromatic N) is 8. The first-order valence-electron chi connectivity index (χ1n) is 8.48. The normalized spacial score (nSPS) is 37.4. The van der Waals surface area contributed by atoms with Crippen LogP contribution in [0.4, 0.5) is 0 Å². The Hall–Kier alpha value is -0.430. The number of hydrogen-bond donors (Lipinski definition) is 0. The van der Waals surface area contributed by atoms with Crippen molar-refractivity contribution in [2.24, 2.45) is 19.8 Å². The molecule has 11 nitrogen and oxygen atoms in total. The van der Waals surface area contributed by atoms with E-state index in [4.69, 9.17) is 14.6 Å². The zero-order valence-corrected chi connectivity index (χ0v) is 21.5. The van der Waals surface area contributed by atoms with Gasteiger partial charge in [-0.2, -0.15) is 0 Å². The molecule has 0 amide bonds. The van der Waals surface area contributed by atoms with Crippen LogP contribution in [0.3, 0.4) is 0 Å². The SMILES string of the molecule is C=N[I-][N+]1(N=C)O[N+](C)(N=C)O[C@@](C)(CCC)N(I(N=C)N=C)OC1(C)CC. The van der Waals surface area contributed by atoms with Gasteiger partial charge in [0.15, 0.2) is 0 Å². The van der Waals surface area contributed by atoms with Gasteiger partial charge >= 0.3 is 187 Å². The first-order chi connectivity index (χ1) is 13.1. The van der Waals surface area contributed by atoms with Gasteiger partial charge in [-0.25, -0.2) is 0 Å². The predicted octanol–water partition coefficient (Wildman–Crippen LogP) is 0.421. The molecule has 0 spiro atoms. The van der Waals surface area contributed by atoms with E-state index in [1.54, 1.807) is 10.3 Å². The van der Waals surface area contributed by atoms with Gasteiger partial charge in [0.25, 0.3) is 0 Å². The van der Waals surface area contributed by atoms with E-state index in [0.29, 0.717) is 12.8 Å². The molecular formula is C15H31I2N8O3+. The fourth-order valence-electron chi connectivity index (χ4n) is 2.62. The van der Waals surface area contributed by atoms with Gasteiger partial charge in [-0.15, -0.1) is 0 Å². The molecule has 1 aliphatic heterocycles. The van der Waals surface area contributed by atoms with Crippen LogP contribution in [0.2, 0.25) is 0 Å². The van der Waals surface area contributed by atoms with Crippen molar-refractivity contribution >= 4 is 54.2 Å². The molecule has 0 radical (unpaired) electrons. The van der Waals surface area contributed by atoms with E-state index in [9.17, 15) is 0 Å². The molecular weight excluding hydrogens is 594 g/mol. The first-order valence-corrected chi connectivity index (χ1v) is 13.3. The van der Waals surface area contributed by atoms with Crippen LogP contribution in [0.5, 0.6) is 0 Å². The van der Waals surface area contributed by atoms with Gasteiger partial charge in [0.2, 0.25) is 0 Å². The molecule has 1 aliphatic rings. The Morgan fingerprint density at radius 3 is 2.07 bits per heavy atom. The van der Waals surface area contributed by atoms with Crippen LogP contribution in [0.1, 0.15) is 47.0 Å². The quantitative estimate of drug-likeness (QED) is 0.152. The Bertz CT molecular complexity index is 620. The molecule has 1 fully saturated rings. The van der Waals surface area contributed by atoms with Crippen molar-refractivity contribution in [1.82, 2.24) is 3.28 Å². The second-order valence-electron chi connectivity index (χ2n) is 6.21. The second-order valence-corrected chi connectivity index (χ2v) is 12.2. The zero-order valence-electron chi connectivity index (χ0n) is 17.2.